The van der Waals surface area contributed by atoms with Crippen molar-refractivity contribution >= 4 is 51.8 Å². The molecule has 1 unspecified atom stereocenters. The number of aromatic nitrogens is 2. The first-order valence-electron chi connectivity index (χ1n) is 12.6. The Labute approximate surface area is 242 Å². The number of rotatable bonds is 6. The van der Waals surface area contributed by atoms with Crippen LogP contribution < -0.4 is 5.32 Å². The normalized spacial score (nSPS) is 11.7. The molecular weight excluding hydrogens is 545 g/mol. The van der Waals surface area contributed by atoms with Gasteiger partial charge in [-0.3, -0.25) is 4.79 Å². The molecule has 5 rings (SSSR count). The van der Waals surface area contributed by atoms with Gasteiger partial charge in [-0.25, -0.2) is 14.8 Å². The average molecular weight is 570 g/mol. The van der Waals surface area contributed by atoms with Crippen LogP contribution >= 0.6 is 23.2 Å². The number of hydrogen-bond acceptors (Lipinski definition) is 5. The molecule has 1 atom stereocenters. The molecule has 1 heterocycles. The number of hydrogen-bond donors (Lipinski definition) is 1. The van der Waals surface area contributed by atoms with E-state index >= 15 is 0 Å². The van der Waals surface area contributed by atoms with Crippen molar-refractivity contribution < 1.29 is 14.3 Å². The van der Waals surface area contributed by atoms with E-state index in [4.69, 9.17) is 37.9 Å². The highest BCUT2D eigenvalue weighted by Crippen LogP contribution is 2.32. The third kappa shape index (κ3) is 5.83. The van der Waals surface area contributed by atoms with E-state index in [1.165, 1.54) is 6.92 Å². The monoisotopic (exact) mass is 569 g/mol. The Morgan fingerprint density at radius 2 is 1.35 bits per heavy atom. The molecule has 0 aliphatic heterocycles. The average Bonchev–Trinajstić information content (AvgIpc) is 2.95. The van der Waals surface area contributed by atoms with Crippen molar-refractivity contribution in [2.45, 2.75) is 26.9 Å². The van der Waals surface area contributed by atoms with Crippen LogP contribution in [0.5, 0.6) is 0 Å². The molecular formula is C32H25Cl2N3O3. The molecule has 0 radical (unpaired) electrons. The molecule has 1 aromatic heterocycles. The Kier molecular flexibility index (Phi) is 7.83. The molecule has 4 aromatic carbocycles. The van der Waals surface area contributed by atoms with Crippen LogP contribution in [-0.2, 0) is 9.53 Å². The summed E-state index contributed by atoms with van der Waals surface area (Å²) in [6.45, 7) is 5.55. The maximum Gasteiger partial charge on any atom is 0.338 e. The quantitative estimate of drug-likeness (QED) is 0.209. The lowest BCUT2D eigenvalue weighted by Gasteiger charge is -2.15. The summed E-state index contributed by atoms with van der Waals surface area (Å²) >= 11 is 12.2. The second-order valence-corrected chi connectivity index (χ2v) is 10.3. The van der Waals surface area contributed by atoms with Crippen LogP contribution in [0.4, 0.5) is 5.69 Å². The fraction of sp³-hybridized carbons (Fsp3) is 0.125. The predicted octanol–water partition coefficient (Wildman–Crippen LogP) is 8.07. The first kappa shape index (κ1) is 27.3. The number of benzene rings is 4. The molecule has 6 nitrogen and oxygen atoms in total. The van der Waals surface area contributed by atoms with E-state index in [2.05, 4.69) is 5.32 Å². The van der Waals surface area contributed by atoms with Gasteiger partial charge in [0.2, 0.25) is 0 Å². The van der Waals surface area contributed by atoms with Crippen molar-refractivity contribution in [3.05, 3.63) is 112 Å². The molecule has 1 amide bonds. The third-order valence-corrected chi connectivity index (χ3v) is 7.23. The minimum atomic E-state index is -1.09. The van der Waals surface area contributed by atoms with Gasteiger partial charge in [-0.2, -0.15) is 0 Å². The Hall–Kier alpha value is -4.26. The van der Waals surface area contributed by atoms with Gasteiger partial charge in [-0.15, -0.1) is 0 Å². The highest BCUT2D eigenvalue weighted by molar-refractivity contribution is 6.44. The van der Waals surface area contributed by atoms with Crippen LogP contribution in [-0.4, -0.2) is 27.9 Å². The third-order valence-electron chi connectivity index (χ3n) is 6.41. The van der Waals surface area contributed by atoms with Gasteiger partial charge in [-0.05, 0) is 51.1 Å². The van der Waals surface area contributed by atoms with E-state index in [9.17, 15) is 9.59 Å². The van der Waals surface area contributed by atoms with Gasteiger partial charge in [0.25, 0.3) is 5.91 Å². The lowest BCUT2D eigenvalue weighted by molar-refractivity contribution is -0.123. The SMILES string of the molecule is Cc1ccc(-c2nc3ccc(C(=O)OC(C)C(=O)Nc4cccc(Cl)c4Cl)cc3nc2-c2ccc(C)cc2)cc1. The summed E-state index contributed by atoms with van der Waals surface area (Å²) < 4.78 is 5.45. The van der Waals surface area contributed by atoms with Crippen LogP contribution in [0, 0.1) is 13.8 Å². The summed E-state index contributed by atoms with van der Waals surface area (Å²) in [6, 6.07) is 26.0. The summed E-state index contributed by atoms with van der Waals surface area (Å²) in [4.78, 5) is 35.5. The Morgan fingerprint density at radius 1 is 0.775 bits per heavy atom. The summed E-state index contributed by atoms with van der Waals surface area (Å²) in [5.74, 6) is -1.20. The largest absolute Gasteiger partial charge is 0.449 e. The maximum atomic E-state index is 13.0. The molecule has 0 fully saturated rings. The van der Waals surface area contributed by atoms with Gasteiger partial charge in [0, 0.05) is 11.1 Å². The zero-order chi connectivity index (χ0) is 28.4. The van der Waals surface area contributed by atoms with Gasteiger partial charge in [0.1, 0.15) is 0 Å². The van der Waals surface area contributed by atoms with Crippen LogP contribution in [0.15, 0.2) is 84.9 Å². The van der Waals surface area contributed by atoms with Gasteiger partial charge in [0.15, 0.2) is 6.10 Å². The number of carbonyl (C=O) groups is 2. The molecule has 0 bridgehead atoms. The molecule has 8 heteroatoms. The van der Waals surface area contributed by atoms with Crippen molar-refractivity contribution in [2.75, 3.05) is 5.32 Å². The number of esters is 1. The Bertz CT molecular complexity index is 1740. The molecule has 0 aliphatic rings. The minimum Gasteiger partial charge on any atom is -0.449 e. The van der Waals surface area contributed by atoms with E-state index in [1.54, 1.807) is 36.4 Å². The predicted molar refractivity (Wildman–Crippen MR) is 160 cm³/mol. The number of carbonyl (C=O) groups excluding carboxylic acids is 2. The zero-order valence-electron chi connectivity index (χ0n) is 22.0. The standard InChI is InChI=1S/C32H25Cl2N3O3/c1-18-7-11-21(12-8-18)29-30(22-13-9-19(2)10-14-22)36-27-17-23(15-16-25(27)35-29)32(39)40-20(3)31(38)37-26-6-4-5-24(33)28(26)34/h4-17,20H,1-3H3,(H,37,38). The lowest BCUT2D eigenvalue weighted by Crippen LogP contribution is -2.30. The van der Waals surface area contributed by atoms with Crippen molar-refractivity contribution in [1.29, 1.82) is 0 Å². The van der Waals surface area contributed by atoms with Crippen molar-refractivity contribution in [1.82, 2.24) is 9.97 Å². The Balaban J connectivity index is 1.44. The molecule has 0 aliphatic carbocycles. The number of nitrogens with one attached hydrogen (secondary N) is 1. The highest BCUT2D eigenvalue weighted by atomic mass is 35.5. The number of anilines is 1. The topological polar surface area (TPSA) is 81.2 Å². The highest BCUT2D eigenvalue weighted by Gasteiger charge is 2.21. The van der Waals surface area contributed by atoms with E-state index in [1.807, 2.05) is 62.4 Å². The zero-order valence-corrected chi connectivity index (χ0v) is 23.5. The van der Waals surface area contributed by atoms with Crippen LogP contribution in [0.2, 0.25) is 10.0 Å². The second-order valence-electron chi connectivity index (χ2n) is 9.49. The van der Waals surface area contributed by atoms with E-state index in [0.29, 0.717) is 27.4 Å². The van der Waals surface area contributed by atoms with Gasteiger partial charge in [-0.1, -0.05) is 88.9 Å². The molecule has 40 heavy (non-hydrogen) atoms. The molecule has 1 N–H and O–H groups in total. The van der Waals surface area contributed by atoms with Crippen LogP contribution in [0.25, 0.3) is 33.5 Å². The van der Waals surface area contributed by atoms with E-state index in [-0.39, 0.29) is 10.6 Å². The van der Waals surface area contributed by atoms with Crippen molar-refractivity contribution in [2.24, 2.45) is 0 Å². The fourth-order valence-electron chi connectivity index (χ4n) is 4.12. The summed E-state index contributed by atoms with van der Waals surface area (Å²) in [6.07, 6.45) is -1.09. The molecule has 5 aromatic rings. The van der Waals surface area contributed by atoms with Crippen molar-refractivity contribution in [3.63, 3.8) is 0 Å². The minimum absolute atomic E-state index is 0.207. The molecule has 0 saturated heterocycles. The number of fused-ring (bicyclic) bond motifs is 1. The molecule has 0 spiro atoms. The van der Waals surface area contributed by atoms with E-state index in [0.717, 1.165) is 27.9 Å². The maximum absolute atomic E-state index is 13.0. The molecule has 0 saturated carbocycles. The van der Waals surface area contributed by atoms with Gasteiger partial charge < -0.3 is 10.1 Å². The van der Waals surface area contributed by atoms with Crippen LogP contribution in [0.1, 0.15) is 28.4 Å². The number of aryl methyl sites for hydroxylation is 2. The van der Waals surface area contributed by atoms with E-state index < -0.39 is 18.0 Å². The number of ether oxygens (including phenoxy) is 1. The van der Waals surface area contributed by atoms with Gasteiger partial charge >= 0.3 is 5.97 Å². The number of nitrogens with zero attached hydrogens (tertiary/aromatic N) is 2. The van der Waals surface area contributed by atoms with Crippen LogP contribution in [0.3, 0.4) is 0 Å². The fourth-order valence-corrected chi connectivity index (χ4v) is 4.47. The van der Waals surface area contributed by atoms with Gasteiger partial charge in [0.05, 0.1) is 43.7 Å². The summed E-state index contributed by atoms with van der Waals surface area (Å²) in [5.41, 5.74) is 7.33. The van der Waals surface area contributed by atoms with Crippen molar-refractivity contribution in [3.8, 4) is 22.5 Å². The molecule has 200 valence electrons. The smallest absolute Gasteiger partial charge is 0.338 e. The lowest BCUT2D eigenvalue weighted by atomic mass is 10.0. The number of halogens is 2. The Morgan fingerprint density at radius 3 is 1.95 bits per heavy atom. The summed E-state index contributed by atoms with van der Waals surface area (Å²) in [7, 11) is 0. The number of amides is 1. The first-order valence-corrected chi connectivity index (χ1v) is 13.4. The summed E-state index contributed by atoms with van der Waals surface area (Å²) in [5, 5.41) is 3.15. The first-order chi connectivity index (χ1) is 19.2. The second kappa shape index (κ2) is 11.5.